The van der Waals surface area contributed by atoms with Gasteiger partial charge in [-0.3, -0.25) is 4.28 Å². The molecule has 0 saturated carbocycles. The first-order valence-electron chi connectivity index (χ1n) is 4.80. The molecule has 0 aromatic heterocycles. The number of hydrogen-bond acceptors (Lipinski definition) is 4. The summed E-state index contributed by atoms with van der Waals surface area (Å²) in [5, 5.41) is 3.56. The van der Waals surface area contributed by atoms with Crippen LogP contribution in [0.5, 0.6) is 0 Å². The highest BCUT2D eigenvalue weighted by Gasteiger charge is 2.23. The third-order valence-corrected chi connectivity index (χ3v) is 3.17. The van der Waals surface area contributed by atoms with E-state index in [1.165, 1.54) is 6.07 Å². The molecule has 0 atom stereocenters. The van der Waals surface area contributed by atoms with Gasteiger partial charge < -0.3 is 0 Å². The fourth-order valence-electron chi connectivity index (χ4n) is 1.70. The third-order valence-electron chi connectivity index (χ3n) is 2.37. The predicted molar refractivity (Wildman–Crippen MR) is 64.9 cm³/mol. The van der Waals surface area contributed by atoms with E-state index in [0.29, 0.717) is 34.2 Å². The van der Waals surface area contributed by atoms with Crippen LogP contribution in [-0.4, -0.2) is 20.4 Å². The number of nitrogens with zero attached hydrogens (tertiary/aromatic N) is 1. The largest absolute Gasteiger partial charge is 0.325 e. The Balaban J connectivity index is 2.40. The minimum atomic E-state index is -3.63. The molecule has 0 heterocycles. The minimum Gasteiger partial charge on any atom is -0.268 e. The lowest BCUT2D eigenvalue weighted by Crippen LogP contribution is -2.02. The van der Waals surface area contributed by atoms with Crippen molar-refractivity contribution in [2.24, 2.45) is 5.16 Å². The maximum atomic E-state index is 13.6. The Bertz CT molecular complexity index is 598. The monoisotopic (exact) mass is 321 g/mol. The Morgan fingerprint density at radius 2 is 2.12 bits per heavy atom. The zero-order chi connectivity index (χ0) is 12.6. The molecule has 2 rings (SSSR count). The second kappa shape index (κ2) is 4.38. The molecule has 92 valence electrons. The molecule has 0 spiro atoms. The first kappa shape index (κ1) is 12.5. The van der Waals surface area contributed by atoms with Gasteiger partial charge in [0.15, 0.2) is 0 Å². The van der Waals surface area contributed by atoms with Crippen molar-refractivity contribution in [3.8, 4) is 0 Å². The van der Waals surface area contributed by atoms with Crippen molar-refractivity contribution in [2.75, 3.05) is 6.26 Å². The summed E-state index contributed by atoms with van der Waals surface area (Å²) in [5.74, 6) is -0.320. The summed E-state index contributed by atoms with van der Waals surface area (Å²) < 4.78 is 40.2. The number of halogens is 2. The number of hydrogen-bond donors (Lipinski definition) is 0. The zero-order valence-corrected chi connectivity index (χ0v) is 11.3. The molecule has 1 aromatic rings. The van der Waals surface area contributed by atoms with Crippen LogP contribution in [-0.2, 0) is 20.8 Å². The fraction of sp³-hybridized carbons (Fsp3) is 0.300. The van der Waals surface area contributed by atoms with Gasteiger partial charge in [-0.05, 0) is 30.5 Å². The molecule has 0 amide bonds. The quantitative estimate of drug-likeness (QED) is 0.785. The van der Waals surface area contributed by atoms with Gasteiger partial charge in [0, 0.05) is 10.0 Å². The van der Waals surface area contributed by atoms with Crippen LogP contribution in [0.2, 0.25) is 0 Å². The van der Waals surface area contributed by atoms with Crippen molar-refractivity contribution in [3.05, 3.63) is 33.5 Å². The summed E-state index contributed by atoms with van der Waals surface area (Å²) in [7, 11) is -3.63. The van der Waals surface area contributed by atoms with E-state index in [1.54, 1.807) is 6.07 Å². The summed E-state index contributed by atoms with van der Waals surface area (Å²) in [5.41, 5.74) is 1.59. The average Bonchev–Trinajstić information content (AvgIpc) is 2.57. The SMILES string of the molecule is CS(=O)(=O)O/N=C1/CCc2c(F)cc(Br)cc21. The zero-order valence-electron chi connectivity index (χ0n) is 8.91. The molecule has 0 unspecified atom stereocenters. The van der Waals surface area contributed by atoms with Crippen LogP contribution in [0.15, 0.2) is 21.8 Å². The molecular formula is C10H9BrFNO3S. The predicted octanol–water partition coefficient (Wildman–Crippen LogP) is 2.21. The van der Waals surface area contributed by atoms with Crippen LogP contribution in [0, 0.1) is 5.82 Å². The Hall–Kier alpha value is -0.950. The summed E-state index contributed by atoms with van der Waals surface area (Å²) in [6, 6.07) is 3.08. The molecule has 0 bridgehead atoms. The number of benzene rings is 1. The highest BCUT2D eigenvalue weighted by Crippen LogP contribution is 2.28. The summed E-state index contributed by atoms with van der Waals surface area (Å²) in [6.07, 6.45) is 1.88. The lowest BCUT2D eigenvalue weighted by Gasteiger charge is -2.02. The molecule has 0 N–H and O–H groups in total. The second-order valence-electron chi connectivity index (χ2n) is 3.73. The summed E-state index contributed by atoms with van der Waals surface area (Å²) in [6.45, 7) is 0. The molecule has 0 fully saturated rings. The lowest BCUT2D eigenvalue weighted by atomic mass is 10.1. The van der Waals surface area contributed by atoms with Crippen LogP contribution in [0.4, 0.5) is 4.39 Å². The van der Waals surface area contributed by atoms with Crippen LogP contribution in [0.25, 0.3) is 0 Å². The first-order valence-corrected chi connectivity index (χ1v) is 7.41. The molecule has 0 aliphatic heterocycles. The maximum absolute atomic E-state index is 13.6. The average molecular weight is 322 g/mol. The van der Waals surface area contributed by atoms with Crippen molar-refractivity contribution in [1.29, 1.82) is 0 Å². The van der Waals surface area contributed by atoms with E-state index < -0.39 is 10.1 Å². The molecular weight excluding hydrogens is 313 g/mol. The number of oxime groups is 1. The van der Waals surface area contributed by atoms with E-state index in [-0.39, 0.29) is 5.82 Å². The Kier molecular flexibility index (Phi) is 3.22. The van der Waals surface area contributed by atoms with Gasteiger partial charge in [-0.2, -0.15) is 8.42 Å². The van der Waals surface area contributed by atoms with Crippen molar-refractivity contribution in [3.63, 3.8) is 0 Å². The summed E-state index contributed by atoms with van der Waals surface area (Å²) >= 11 is 3.18. The molecule has 17 heavy (non-hydrogen) atoms. The van der Waals surface area contributed by atoms with E-state index in [4.69, 9.17) is 0 Å². The maximum Gasteiger partial charge on any atom is 0.325 e. The molecule has 0 saturated heterocycles. The normalized spacial score (nSPS) is 17.2. The Morgan fingerprint density at radius 1 is 1.41 bits per heavy atom. The van der Waals surface area contributed by atoms with E-state index in [1.807, 2.05) is 0 Å². The van der Waals surface area contributed by atoms with Crippen LogP contribution < -0.4 is 0 Å². The van der Waals surface area contributed by atoms with E-state index >= 15 is 0 Å². The van der Waals surface area contributed by atoms with Crippen molar-refractivity contribution in [2.45, 2.75) is 12.8 Å². The van der Waals surface area contributed by atoms with Gasteiger partial charge in [0.1, 0.15) is 5.82 Å². The molecule has 7 heteroatoms. The molecule has 1 aromatic carbocycles. The smallest absolute Gasteiger partial charge is 0.268 e. The van der Waals surface area contributed by atoms with Crippen molar-refractivity contribution >= 4 is 31.8 Å². The van der Waals surface area contributed by atoms with Gasteiger partial charge in [-0.1, -0.05) is 21.1 Å². The van der Waals surface area contributed by atoms with Gasteiger partial charge in [0.05, 0.1) is 12.0 Å². The third kappa shape index (κ3) is 2.84. The van der Waals surface area contributed by atoms with Crippen LogP contribution >= 0.6 is 15.9 Å². The molecule has 1 aliphatic rings. The second-order valence-corrected chi connectivity index (χ2v) is 6.20. The van der Waals surface area contributed by atoms with Gasteiger partial charge in [0.25, 0.3) is 0 Å². The number of rotatable bonds is 2. The topological polar surface area (TPSA) is 55.7 Å². The van der Waals surface area contributed by atoms with E-state index in [0.717, 1.165) is 6.26 Å². The van der Waals surface area contributed by atoms with E-state index in [9.17, 15) is 12.8 Å². The van der Waals surface area contributed by atoms with Crippen molar-refractivity contribution < 1.29 is 17.1 Å². The lowest BCUT2D eigenvalue weighted by molar-refractivity contribution is 0.342. The van der Waals surface area contributed by atoms with Gasteiger partial charge >= 0.3 is 10.1 Å². The van der Waals surface area contributed by atoms with Crippen molar-refractivity contribution in [1.82, 2.24) is 0 Å². The summed E-state index contributed by atoms with van der Waals surface area (Å²) in [4.78, 5) is 0. The van der Waals surface area contributed by atoms with Gasteiger partial charge in [-0.15, -0.1) is 0 Å². The fourth-order valence-corrected chi connectivity index (χ4v) is 2.36. The highest BCUT2D eigenvalue weighted by molar-refractivity contribution is 9.10. The molecule has 0 radical (unpaired) electrons. The van der Waals surface area contributed by atoms with Gasteiger partial charge in [0.2, 0.25) is 0 Å². The molecule has 1 aliphatic carbocycles. The molecule has 4 nitrogen and oxygen atoms in total. The van der Waals surface area contributed by atoms with Crippen LogP contribution in [0.3, 0.4) is 0 Å². The Labute approximate surface area is 107 Å². The van der Waals surface area contributed by atoms with Crippen LogP contribution in [0.1, 0.15) is 17.5 Å². The highest BCUT2D eigenvalue weighted by atomic mass is 79.9. The Morgan fingerprint density at radius 3 is 2.76 bits per heavy atom. The van der Waals surface area contributed by atoms with E-state index in [2.05, 4.69) is 25.4 Å². The van der Waals surface area contributed by atoms with Gasteiger partial charge in [-0.25, -0.2) is 4.39 Å². The standard InChI is InChI=1S/C10H9BrFNO3S/c1-17(14,15)16-13-10-3-2-7-8(10)4-6(11)5-9(7)12/h4-5H,2-3H2,1H3/b13-10-. The number of fused-ring (bicyclic) bond motifs is 1. The first-order chi connectivity index (χ1) is 7.87. The minimum absolute atomic E-state index is 0.320.